The van der Waals surface area contributed by atoms with Gasteiger partial charge in [-0.25, -0.2) is 13.4 Å². The second kappa shape index (κ2) is 11.7. The number of amides is 1. The number of nitrogens with one attached hydrogen (secondary N) is 1. The number of hydrogen-bond acceptors (Lipinski definition) is 9. The fourth-order valence-corrected chi connectivity index (χ4v) is 6.58. The summed E-state index contributed by atoms with van der Waals surface area (Å²) >= 11 is 0. The van der Waals surface area contributed by atoms with Crippen molar-refractivity contribution in [3.05, 3.63) is 54.4 Å². The molecule has 1 aromatic carbocycles. The van der Waals surface area contributed by atoms with Crippen LogP contribution < -0.4 is 10.1 Å². The number of hydrogen-bond donors (Lipinski definition) is 1. The van der Waals surface area contributed by atoms with E-state index in [1.54, 1.807) is 6.20 Å². The summed E-state index contributed by atoms with van der Waals surface area (Å²) < 4.78 is 32.8. The summed E-state index contributed by atoms with van der Waals surface area (Å²) in [4.78, 5) is 24.4. The maximum Gasteiger partial charge on any atom is 0.226 e. The Kier molecular flexibility index (Phi) is 7.84. The van der Waals surface area contributed by atoms with Crippen molar-refractivity contribution in [1.82, 2.24) is 34.2 Å². The molecule has 0 atom stereocenters. The molecule has 12 nitrogen and oxygen atoms in total. The van der Waals surface area contributed by atoms with Crippen LogP contribution in [0.2, 0.25) is 0 Å². The lowest BCUT2D eigenvalue weighted by Crippen LogP contribution is -2.43. The fourth-order valence-electron chi connectivity index (χ4n) is 5.94. The Hall–Kier alpha value is -4.00. The number of benzene rings is 1. The number of rotatable bonds is 9. The van der Waals surface area contributed by atoms with E-state index in [0.717, 1.165) is 60.6 Å². The van der Waals surface area contributed by atoms with Gasteiger partial charge in [0.2, 0.25) is 11.9 Å². The molecule has 0 saturated heterocycles. The lowest BCUT2D eigenvalue weighted by molar-refractivity contribution is -0.138. The zero-order valence-electron chi connectivity index (χ0n) is 23.9. The molecular weight excluding hydrogens is 556 g/mol. The van der Waals surface area contributed by atoms with Gasteiger partial charge >= 0.3 is 0 Å². The molecule has 222 valence electrons. The van der Waals surface area contributed by atoms with Crippen molar-refractivity contribution in [2.45, 2.75) is 58.2 Å². The predicted molar refractivity (Wildman–Crippen MR) is 158 cm³/mol. The van der Waals surface area contributed by atoms with Gasteiger partial charge in [0.25, 0.3) is 0 Å². The largest absolute Gasteiger partial charge is 0.493 e. The smallest absolute Gasteiger partial charge is 0.226 e. The van der Waals surface area contributed by atoms with E-state index in [1.807, 2.05) is 52.9 Å². The molecule has 1 saturated carbocycles. The maximum atomic E-state index is 13.2. The Balaban J connectivity index is 1.06. The average Bonchev–Trinajstić information content (AvgIpc) is 3.59. The van der Waals surface area contributed by atoms with Gasteiger partial charge in [-0.3, -0.25) is 4.79 Å². The fraction of sp³-hybridized carbons (Fsp3) is 0.483. The number of fused-ring (bicyclic) bond motifs is 2. The molecule has 1 fully saturated rings. The number of anilines is 1. The van der Waals surface area contributed by atoms with Crippen LogP contribution in [0.1, 0.15) is 43.8 Å². The second-order valence-corrected chi connectivity index (χ2v) is 13.5. The van der Waals surface area contributed by atoms with Gasteiger partial charge in [0.05, 0.1) is 24.4 Å². The second-order valence-electron chi connectivity index (χ2n) is 11.2. The van der Waals surface area contributed by atoms with E-state index < -0.39 is 9.84 Å². The molecule has 3 aromatic heterocycles. The number of aryl methyl sites for hydroxylation is 1. The van der Waals surface area contributed by atoms with Gasteiger partial charge in [-0.05, 0) is 63.3 Å². The van der Waals surface area contributed by atoms with Crippen LogP contribution in [0.15, 0.2) is 42.7 Å². The van der Waals surface area contributed by atoms with Crippen LogP contribution >= 0.6 is 0 Å². The van der Waals surface area contributed by atoms with Crippen molar-refractivity contribution in [3.63, 3.8) is 0 Å². The molecule has 1 aliphatic heterocycles. The Morgan fingerprint density at radius 3 is 2.74 bits per heavy atom. The van der Waals surface area contributed by atoms with Crippen molar-refractivity contribution in [3.8, 4) is 11.6 Å². The predicted octanol–water partition coefficient (Wildman–Crippen LogP) is 3.15. The molecule has 1 amide bonds. The Bertz CT molecular complexity index is 1690. The summed E-state index contributed by atoms with van der Waals surface area (Å²) in [6.45, 7) is 4.26. The molecule has 1 aliphatic carbocycles. The average molecular weight is 593 g/mol. The molecule has 13 heteroatoms. The zero-order valence-corrected chi connectivity index (χ0v) is 24.8. The Morgan fingerprint density at radius 2 is 1.93 bits per heavy atom. The number of sulfone groups is 1. The normalized spacial score (nSPS) is 19.0. The zero-order chi connectivity index (χ0) is 29.3. The quantitative estimate of drug-likeness (QED) is 0.291. The first-order valence-corrected chi connectivity index (χ1v) is 16.5. The van der Waals surface area contributed by atoms with E-state index in [0.29, 0.717) is 37.8 Å². The van der Waals surface area contributed by atoms with Crippen LogP contribution in [-0.4, -0.2) is 79.7 Å². The molecule has 1 N–H and O–H groups in total. The molecule has 4 heterocycles. The van der Waals surface area contributed by atoms with Gasteiger partial charge in [0.15, 0.2) is 5.82 Å². The van der Waals surface area contributed by atoms with Crippen LogP contribution in [0.5, 0.6) is 5.75 Å². The van der Waals surface area contributed by atoms with Crippen molar-refractivity contribution >= 4 is 32.6 Å². The van der Waals surface area contributed by atoms with Crippen LogP contribution in [0, 0.1) is 12.8 Å². The highest BCUT2D eigenvalue weighted by molar-refractivity contribution is 7.90. The van der Waals surface area contributed by atoms with Gasteiger partial charge in [-0.2, -0.15) is 4.98 Å². The first-order chi connectivity index (χ1) is 20.2. The highest BCUT2D eigenvalue weighted by atomic mass is 32.2. The van der Waals surface area contributed by atoms with Gasteiger partial charge in [-0.1, -0.05) is 6.07 Å². The Morgan fingerprint density at radius 1 is 1.10 bits per heavy atom. The molecule has 0 radical (unpaired) electrons. The summed E-state index contributed by atoms with van der Waals surface area (Å²) in [5, 5.41) is 12.8. The van der Waals surface area contributed by atoms with Gasteiger partial charge < -0.3 is 24.1 Å². The summed E-state index contributed by atoms with van der Waals surface area (Å²) in [6.07, 6.45) is 8.77. The van der Waals surface area contributed by atoms with E-state index in [4.69, 9.17) is 9.72 Å². The summed E-state index contributed by atoms with van der Waals surface area (Å²) in [5.41, 5.74) is 0.936. The molecule has 2 aliphatic rings. The van der Waals surface area contributed by atoms with Crippen molar-refractivity contribution in [2.24, 2.45) is 5.92 Å². The van der Waals surface area contributed by atoms with Gasteiger partial charge in [-0.15, -0.1) is 10.2 Å². The molecule has 0 unspecified atom stereocenters. The van der Waals surface area contributed by atoms with Crippen LogP contribution in [0.4, 0.5) is 5.95 Å². The number of nitrogens with zero attached hydrogens (tertiary/aromatic N) is 7. The van der Waals surface area contributed by atoms with Gasteiger partial charge in [0, 0.05) is 49.1 Å². The molecule has 0 bridgehead atoms. The van der Waals surface area contributed by atoms with Crippen molar-refractivity contribution < 1.29 is 17.9 Å². The SMILES string of the molecule is Cc1nnc2n1CCN(C(=O)C1CCC(Nc3nccc(-n4ccc5c(OCCCS(C)(=O)=O)cccc54)n3)CC1)C2. The number of carbonyl (C=O) groups excluding carboxylic acids is 1. The van der Waals surface area contributed by atoms with Gasteiger partial charge in [0.1, 0.15) is 27.2 Å². The summed E-state index contributed by atoms with van der Waals surface area (Å²) in [5.74, 6) is 4.11. The minimum absolute atomic E-state index is 0.0277. The highest BCUT2D eigenvalue weighted by Crippen LogP contribution is 2.30. The third-order valence-electron chi connectivity index (χ3n) is 8.16. The lowest BCUT2D eigenvalue weighted by Gasteiger charge is -2.34. The van der Waals surface area contributed by atoms with Crippen LogP contribution in [-0.2, 0) is 27.7 Å². The minimum atomic E-state index is -3.01. The number of ether oxygens (including phenoxy) is 1. The Labute approximate surface area is 245 Å². The standard InChI is InChI=1S/C29H36N8O4S/c1-20-33-34-27-19-35(15-16-36(20)27)28(38)21-7-9-22(10-8-21)31-29-30-13-11-26(32-29)37-14-12-23-24(37)5-3-6-25(23)41-17-4-18-42(2,39)40/h3,5-6,11-14,21-22H,4,7-10,15-19H2,1-2H3,(H,30,31,32). The first-order valence-electron chi connectivity index (χ1n) is 14.4. The molecule has 6 rings (SSSR count). The molecule has 0 spiro atoms. The third-order valence-corrected chi connectivity index (χ3v) is 9.19. The molecule has 4 aromatic rings. The highest BCUT2D eigenvalue weighted by Gasteiger charge is 2.32. The lowest BCUT2D eigenvalue weighted by atomic mass is 9.85. The monoisotopic (exact) mass is 592 g/mol. The van der Waals surface area contributed by atoms with E-state index in [9.17, 15) is 13.2 Å². The van der Waals surface area contributed by atoms with E-state index in [1.165, 1.54) is 6.26 Å². The van der Waals surface area contributed by atoms with E-state index in [2.05, 4.69) is 25.1 Å². The van der Waals surface area contributed by atoms with Crippen molar-refractivity contribution in [2.75, 3.05) is 30.5 Å². The number of carbonyl (C=O) groups is 1. The summed E-state index contributed by atoms with van der Waals surface area (Å²) in [6, 6.07) is 9.84. The third kappa shape index (κ3) is 6.10. The van der Waals surface area contributed by atoms with Crippen molar-refractivity contribution in [1.29, 1.82) is 0 Å². The van der Waals surface area contributed by atoms with Crippen LogP contribution in [0.25, 0.3) is 16.7 Å². The van der Waals surface area contributed by atoms with Crippen LogP contribution in [0.3, 0.4) is 0 Å². The van der Waals surface area contributed by atoms with E-state index in [-0.39, 0.29) is 23.6 Å². The molecular formula is C29H36N8O4S. The maximum absolute atomic E-state index is 13.2. The molecule has 42 heavy (non-hydrogen) atoms. The number of aromatic nitrogens is 6. The topological polar surface area (TPSA) is 137 Å². The summed E-state index contributed by atoms with van der Waals surface area (Å²) in [7, 11) is -3.01. The first kappa shape index (κ1) is 28.1. The van der Waals surface area contributed by atoms with E-state index >= 15 is 0 Å². The minimum Gasteiger partial charge on any atom is -0.493 e.